The molecule has 27 heavy (non-hydrogen) atoms. The molecule has 0 aliphatic rings. The molecule has 0 saturated carbocycles. The number of ether oxygens (including phenoxy) is 1. The Morgan fingerprint density at radius 3 is 2.30 bits per heavy atom. The number of rotatable bonds is 6. The second-order valence-corrected chi connectivity index (χ2v) is 6.52. The highest BCUT2D eigenvalue weighted by atomic mass is 16.5. The van der Waals surface area contributed by atoms with Gasteiger partial charge in [0, 0.05) is 22.1 Å². The predicted molar refractivity (Wildman–Crippen MR) is 109 cm³/mol. The van der Waals surface area contributed by atoms with Crippen LogP contribution in [0.25, 0.3) is 11.0 Å². The number of hydrogen-bond donors (Lipinski definition) is 1. The smallest absolute Gasteiger partial charge is 0.339 e. The molecular weight excluding hydrogens is 338 g/mol. The summed E-state index contributed by atoms with van der Waals surface area (Å²) < 4.78 is 11.6. The monoisotopic (exact) mass is 363 g/mol. The van der Waals surface area contributed by atoms with Gasteiger partial charge in [0.25, 0.3) is 0 Å². The van der Waals surface area contributed by atoms with Crippen LogP contribution in [-0.4, -0.2) is 5.90 Å². The molecule has 0 aliphatic carbocycles. The topological polar surface area (TPSA) is 63.3 Å². The normalized spacial score (nSPS) is 10.9. The van der Waals surface area contributed by atoms with Gasteiger partial charge in [-0.3, -0.25) is 5.41 Å². The summed E-state index contributed by atoms with van der Waals surface area (Å²) >= 11 is 0. The lowest BCUT2D eigenvalue weighted by Gasteiger charge is -2.15. The summed E-state index contributed by atoms with van der Waals surface area (Å²) in [7, 11) is 0. The molecule has 3 rings (SSSR count). The molecule has 140 valence electrons. The summed E-state index contributed by atoms with van der Waals surface area (Å²) in [4.78, 5) is 12.6. The third-order valence-electron chi connectivity index (χ3n) is 4.80. The van der Waals surface area contributed by atoms with Crippen LogP contribution in [0.5, 0.6) is 5.75 Å². The zero-order chi connectivity index (χ0) is 19.4. The average molecular weight is 363 g/mol. The van der Waals surface area contributed by atoms with Crippen LogP contribution in [-0.2, 0) is 19.3 Å². The Morgan fingerprint density at radius 2 is 1.67 bits per heavy atom. The molecule has 4 nitrogen and oxygen atoms in total. The first-order chi connectivity index (χ1) is 13.1. The van der Waals surface area contributed by atoms with Crippen LogP contribution in [0, 0.1) is 5.41 Å². The highest BCUT2D eigenvalue weighted by molar-refractivity contribution is 5.94. The fraction of sp³-hybridized carbons (Fsp3) is 0.304. The van der Waals surface area contributed by atoms with E-state index in [9.17, 15) is 4.79 Å². The van der Waals surface area contributed by atoms with Crippen LogP contribution in [0.1, 0.15) is 49.4 Å². The van der Waals surface area contributed by atoms with Crippen molar-refractivity contribution in [1.82, 2.24) is 0 Å². The van der Waals surface area contributed by atoms with Crippen LogP contribution >= 0.6 is 0 Å². The summed E-state index contributed by atoms with van der Waals surface area (Å²) in [6, 6.07) is 13.1. The lowest BCUT2D eigenvalue weighted by atomic mass is 9.96. The number of fused-ring (bicyclic) bond motifs is 1. The van der Waals surface area contributed by atoms with Crippen LogP contribution in [0.3, 0.4) is 0 Å². The van der Waals surface area contributed by atoms with E-state index in [-0.39, 0.29) is 11.5 Å². The van der Waals surface area contributed by atoms with Gasteiger partial charge in [-0.25, -0.2) is 4.79 Å². The molecule has 3 aromatic rings. The van der Waals surface area contributed by atoms with Crippen LogP contribution in [0.15, 0.2) is 51.7 Å². The molecule has 0 bridgehead atoms. The van der Waals surface area contributed by atoms with Crippen molar-refractivity contribution in [3.8, 4) is 5.75 Å². The Bertz CT molecular complexity index is 1020. The van der Waals surface area contributed by atoms with Gasteiger partial charge in [0.15, 0.2) is 0 Å². The lowest BCUT2D eigenvalue weighted by Crippen LogP contribution is -2.13. The molecule has 0 saturated heterocycles. The van der Waals surface area contributed by atoms with E-state index in [1.54, 1.807) is 0 Å². The summed E-state index contributed by atoms with van der Waals surface area (Å²) in [5.74, 6) is 0.637. The van der Waals surface area contributed by atoms with E-state index in [1.165, 1.54) is 0 Å². The molecule has 2 aromatic carbocycles. The average Bonchev–Trinajstić information content (AvgIpc) is 2.69. The van der Waals surface area contributed by atoms with Gasteiger partial charge in [-0.1, -0.05) is 45.4 Å². The van der Waals surface area contributed by atoms with Gasteiger partial charge in [-0.15, -0.1) is 0 Å². The SMILES string of the molecule is CCCc1c(CC)c2ccc(OC(=N)c3ccccc3)c(CC)c2oc1=O. The second kappa shape index (κ2) is 8.21. The largest absolute Gasteiger partial charge is 0.439 e. The Hall–Kier alpha value is -2.88. The van der Waals surface area contributed by atoms with Gasteiger partial charge in [-0.2, -0.15) is 0 Å². The Kier molecular flexibility index (Phi) is 5.75. The summed E-state index contributed by atoms with van der Waals surface area (Å²) in [6.07, 6.45) is 3.05. The van der Waals surface area contributed by atoms with Crippen molar-refractivity contribution in [3.05, 3.63) is 75.1 Å². The Labute approximate surface area is 159 Å². The van der Waals surface area contributed by atoms with E-state index < -0.39 is 0 Å². The number of nitrogens with one attached hydrogen (secondary N) is 1. The highest BCUT2D eigenvalue weighted by Crippen LogP contribution is 2.32. The predicted octanol–water partition coefficient (Wildman–Crippen LogP) is 5.27. The van der Waals surface area contributed by atoms with Crippen molar-refractivity contribution in [3.63, 3.8) is 0 Å². The first-order valence-corrected chi connectivity index (χ1v) is 9.52. The quantitative estimate of drug-likeness (QED) is 0.368. The van der Waals surface area contributed by atoms with Gasteiger partial charge >= 0.3 is 5.63 Å². The van der Waals surface area contributed by atoms with E-state index >= 15 is 0 Å². The van der Waals surface area contributed by atoms with Crippen LogP contribution < -0.4 is 10.4 Å². The third-order valence-corrected chi connectivity index (χ3v) is 4.80. The first-order valence-electron chi connectivity index (χ1n) is 9.52. The summed E-state index contributed by atoms with van der Waals surface area (Å²) in [5.41, 5.74) is 3.68. The highest BCUT2D eigenvalue weighted by Gasteiger charge is 2.18. The second-order valence-electron chi connectivity index (χ2n) is 6.52. The van der Waals surface area contributed by atoms with Gasteiger partial charge in [0.2, 0.25) is 5.90 Å². The molecule has 1 heterocycles. The van der Waals surface area contributed by atoms with Crippen molar-refractivity contribution in [2.45, 2.75) is 46.5 Å². The van der Waals surface area contributed by atoms with Crippen molar-refractivity contribution < 1.29 is 9.15 Å². The minimum absolute atomic E-state index is 0.0744. The molecule has 1 N–H and O–H groups in total. The zero-order valence-corrected chi connectivity index (χ0v) is 16.1. The third kappa shape index (κ3) is 3.65. The zero-order valence-electron chi connectivity index (χ0n) is 16.1. The van der Waals surface area contributed by atoms with Crippen molar-refractivity contribution in [2.75, 3.05) is 0 Å². The molecule has 0 radical (unpaired) electrons. The van der Waals surface area contributed by atoms with Crippen LogP contribution in [0.4, 0.5) is 0 Å². The van der Waals surface area contributed by atoms with Gasteiger partial charge in [0.1, 0.15) is 11.3 Å². The van der Waals surface area contributed by atoms with E-state index in [2.05, 4.69) is 13.8 Å². The van der Waals surface area contributed by atoms with Gasteiger partial charge in [0.05, 0.1) is 0 Å². The van der Waals surface area contributed by atoms with E-state index in [1.807, 2.05) is 49.4 Å². The van der Waals surface area contributed by atoms with E-state index in [0.29, 0.717) is 23.3 Å². The fourth-order valence-electron chi connectivity index (χ4n) is 3.50. The molecule has 0 spiro atoms. The molecule has 4 heteroatoms. The number of aryl methyl sites for hydroxylation is 2. The van der Waals surface area contributed by atoms with Gasteiger partial charge in [-0.05, 0) is 49.1 Å². The van der Waals surface area contributed by atoms with Crippen molar-refractivity contribution in [1.29, 1.82) is 5.41 Å². The Balaban J connectivity index is 2.12. The molecule has 0 atom stereocenters. The maximum Gasteiger partial charge on any atom is 0.339 e. The standard InChI is InChI=1S/C23H25NO3/c1-4-10-19-16(5-2)18-13-14-20(17(6-3)21(18)27-23(19)25)26-22(24)15-11-8-7-9-12-15/h7-9,11-14,24H,4-6,10H2,1-3H3. The molecule has 1 aromatic heterocycles. The minimum Gasteiger partial charge on any atom is -0.439 e. The maximum atomic E-state index is 12.6. The van der Waals surface area contributed by atoms with E-state index in [0.717, 1.165) is 41.3 Å². The van der Waals surface area contributed by atoms with Crippen LogP contribution in [0.2, 0.25) is 0 Å². The number of hydrogen-bond acceptors (Lipinski definition) is 4. The number of benzene rings is 2. The molecule has 0 fully saturated rings. The fourth-order valence-corrected chi connectivity index (χ4v) is 3.50. The Morgan fingerprint density at radius 1 is 0.963 bits per heavy atom. The summed E-state index contributed by atoms with van der Waals surface area (Å²) in [6.45, 7) is 6.13. The minimum atomic E-state index is -0.258. The van der Waals surface area contributed by atoms with Crippen molar-refractivity contribution in [2.24, 2.45) is 0 Å². The molecular formula is C23H25NO3. The summed E-state index contributed by atoms with van der Waals surface area (Å²) in [5, 5.41) is 9.21. The molecule has 0 unspecified atom stereocenters. The van der Waals surface area contributed by atoms with Crippen molar-refractivity contribution >= 4 is 16.9 Å². The molecule has 0 aliphatic heterocycles. The van der Waals surface area contributed by atoms with Gasteiger partial charge < -0.3 is 9.15 Å². The lowest BCUT2D eigenvalue weighted by molar-refractivity contribution is 0.521. The molecule has 0 amide bonds. The maximum absolute atomic E-state index is 12.6. The first kappa shape index (κ1) is 18.9. The van der Waals surface area contributed by atoms with E-state index in [4.69, 9.17) is 14.6 Å².